The van der Waals surface area contributed by atoms with Gasteiger partial charge in [-0.2, -0.15) is 4.98 Å². The van der Waals surface area contributed by atoms with E-state index < -0.39 is 0 Å². The van der Waals surface area contributed by atoms with Crippen molar-refractivity contribution in [3.05, 3.63) is 5.89 Å². The van der Waals surface area contributed by atoms with E-state index in [9.17, 15) is 0 Å². The molecule has 0 saturated carbocycles. The zero-order valence-electron chi connectivity index (χ0n) is 9.17. The molecule has 1 aliphatic rings. The van der Waals surface area contributed by atoms with Crippen molar-refractivity contribution in [2.45, 2.75) is 19.4 Å². The second kappa shape index (κ2) is 4.13. The van der Waals surface area contributed by atoms with Gasteiger partial charge in [0, 0.05) is 0 Å². The molecular formula is C9H12N6O2. The molecule has 0 atom stereocenters. The fraction of sp³-hybridized carbons (Fsp3) is 0.556. The molecule has 0 aromatic carbocycles. The number of anilines is 1. The van der Waals surface area contributed by atoms with Gasteiger partial charge in [-0.15, -0.1) is 0 Å². The summed E-state index contributed by atoms with van der Waals surface area (Å²) in [5, 5.41) is 10.9. The summed E-state index contributed by atoms with van der Waals surface area (Å²) in [5.41, 5.74) is 5.87. The van der Waals surface area contributed by atoms with Crippen molar-refractivity contribution >= 4 is 5.82 Å². The maximum atomic E-state index is 5.55. The lowest BCUT2D eigenvalue weighted by atomic mass is 10.4. The fourth-order valence-corrected chi connectivity index (χ4v) is 1.90. The summed E-state index contributed by atoms with van der Waals surface area (Å²) in [5.74, 6) is 1.04. The molecule has 2 N–H and O–H groups in total. The quantitative estimate of drug-likeness (QED) is 0.810. The first kappa shape index (κ1) is 10.2. The summed E-state index contributed by atoms with van der Waals surface area (Å²) in [4.78, 5) is 6.48. The number of nitrogen functional groups attached to an aromatic ring is 1. The third-order valence-electron chi connectivity index (χ3n) is 2.75. The molecule has 1 saturated heterocycles. The lowest BCUT2D eigenvalue weighted by Gasteiger charge is -2.09. The Balaban J connectivity index is 1.76. The van der Waals surface area contributed by atoms with Crippen LogP contribution in [0.4, 0.5) is 5.82 Å². The van der Waals surface area contributed by atoms with Crippen molar-refractivity contribution in [2.75, 3.05) is 18.8 Å². The molecule has 0 radical (unpaired) electrons. The molecule has 17 heavy (non-hydrogen) atoms. The first-order chi connectivity index (χ1) is 8.33. The molecule has 2 aromatic heterocycles. The molecule has 0 amide bonds. The molecule has 3 rings (SSSR count). The molecule has 2 aromatic rings. The predicted octanol–water partition coefficient (Wildman–Crippen LogP) is 0.298. The summed E-state index contributed by atoms with van der Waals surface area (Å²) >= 11 is 0. The van der Waals surface area contributed by atoms with Gasteiger partial charge in [0.25, 0.3) is 0 Å². The second-order valence-corrected chi connectivity index (χ2v) is 3.99. The van der Waals surface area contributed by atoms with E-state index in [1.807, 2.05) is 0 Å². The van der Waals surface area contributed by atoms with Crippen LogP contribution in [0, 0.1) is 0 Å². The maximum Gasteiger partial charge on any atom is 0.241 e. The van der Waals surface area contributed by atoms with E-state index in [2.05, 4.69) is 30.0 Å². The highest BCUT2D eigenvalue weighted by Gasteiger charge is 2.19. The van der Waals surface area contributed by atoms with E-state index >= 15 is 0 Å². The molecule has 0 spiro atoms. The Hall–Kier alpha value is -1.96. The lowest BCUT2D eigenvalue weighted by molar-refractivity contribution is 0.268. The molecule has 8 nitrogen and oxygen atoms in total. The standard InChI is InChI=1S/C9H12N6O2/c10-8-7(12-17-13-8)9-11-6(16-14-9)5-15-3-1-2-4-15/h1-5H2,(H2,10,13). The molecule has 8 heteroatoms. The first-order valence-corrected chi connectivity index (χ1v) is 5.46. The first-order valence-electron chi connectivity index (χ1n) is 5.46. The topological polar surface area (TPSA) is 107 Å². The Bertz CT molecular complexity index is 501. The molecule has 1 aliphatic heterocycles. The number of likely N-dealkylation sites (tertiary alicyclic amines) is 1. The Morgan fingerprint density at radius 3 is 2.71 bits per heavy atom. The van der Waals surface area contributed by atoms with Gasteiger partial charge in [0.1, 0.15) is 0 Å². The summed E-state index contributed by atoms with van der Waals surface area (Å²) in [7, 11) is 0. The highest BCUT2D eigenvalue weighted by Crippen LogP contribution is 2.19. The third kappa shape index (κ3) is 1.98. The average molecular weight is 236 g/mol. The van der Waals surface area contributed by atoms with Crippen LogP contribution in [0.5, 0.6) is 0 Å². The largest absolute Gasteiger partial charge is 0.379 e. The normalized spacial score (nSPS) is 16.7. The summed E-state index contributed by atoms with van der Waals surface area (Å²) in [6, 6.07) is 0. The molecule has 0 aliphatic carbocycles. The Morgan fingerprint density at radius 1 is 1.18 bits per heavy atom. The van der Waals surface area contributed by atoms with Crippen LogP contribution >= 0.6 is 0 Å². The average Bonchev–Trinajstić information content (AvgIpc) is 3.00. The Labute approximate surface area is 96.7 Å². The van der Waals surface area contributed by atoms with Crippen molar-refractivity contribution in [1.82, 2.24) is 25.4 Å². The van der Waals surface area contributed by atoms with E-state index in [0.29, 0.717) is 24.0 Å². The minimum Gasteiger partial charge on any atom is -0.379 e. The fourth-order valence-electron chi connectivity index (χ4n) is 1.90. The highest BCUT2D eigenvalue weighted by molar-refractivity contribution is 5.61. The number of rotatable bonds is 3. The monoisotopic (exact) mass is 236 g/mol. The molecule has 0 bridgehead atoms. The second-order valence-electron chi connectivity index (χ2n) is 3.99. The SMILES string of the molecule is Nc1nonc1-c1noc(CN2CCCC2)n1. The van der Waals surface area contributed by atoms with Crippen LogP contribution in [-0.2, 0) is 6.54 Å². The number of nitrogens with two attached hydrogens (primary N) is 1. The Kier molecular flexibility index (Phi) is 2.48. The minimum absolute atomic E-state index is 0.165. The van der Waals surface area contributed by atoms with Crippen LogP contribution in [0.25, 0.3) is 11.5 Å². The van der Waals surface area contributed by atoms with E-state index in [1.165, 1.54) is 12.8 Å². The van der Waals surface area contributed by atoms with Crippen LogP contribution in [0.2, 0.25) is 0 Å². The number of nitrogens with zero attached hydrogens (tertiary/aromatic N) is 5. The van der Waals surface area contributed by atoms with E-state index in [0.717, 1.165) is 13.1 Å². The van der Waals surface area contributed by atoms with Crippen molar-refractivity contribution in [2.24, 2.45) is 0 Å². The van der Waals surface area contributed by atoms with Crippen LogP contribution in [0.3, 0.4) is 0 Å². The number of hydrogen-bond donors (Lipinski definition) is 1. The van der Waals surface area contributed by atoms with E-state index in [1.54, 1.807) is 0 Å². The molecule has 90 valence electrons. The van der Waals surface area contributed by atoms with Crippen LogP contribution in [0.15, 0.2) is 9.15 Å². The van der Waals surface area contributed by atoms with Gasteiger partial charge in [-0.25, -0.2) is 4.63 Å². The van der Waals surface area contributed by atoms with E-state index in [-0.39, 0.29) is 5.82 Å². The van der Waals surface area contributed by atoms with Crippen LogP contribution < -0.4 is 5.73 Å². The van der Waals surface area contributed by atoms with Gasteiger partial charge >= 0.3 is 0 Å². The molecule has 1 fully saturated rings. The van der Waals surface area contributed by atoms with E-state index in [4.69, 9.17) is 10.3 Å². The molecule has 0 unspecified atom stereocenters. The molecule has 3 heterocycles. The summed E-state index contributed by atoms with van der Waals surface area (Å²) in [6.07, 6.45) is 2.45. The van der Waals surface area contributed by atoms with Gasteiger partial charge in [-0.1, -0.05) is 5.16 Å². The van der Waals surface area contributed by atoms with Crippen molar-refractivity contribution < 1.29 is 9.15 Å². The van der Waals surface area contributed by atoms with Crippen molar-refractivity contribution in [3.63, 3.8) is 0 Å². The van der Waals surface area contributed by atoms with Gasteiger partial charge in [0.05, 0.1) is 6.54 Å². The van der Waals surface area contributed by atoms with Gasteiger partial charge in [-0.3, -0.25) is 4.90 Å². The van der Waals surface area contributed by atoms with Crippen LogP contribution in [-0.4, -0.2) is 38.4 Å². The smallest absolute Gasteiger partial charge is 0.241 e. The van der Waals surface area contributed by atoms with Crippen molar-refractivity contribution in [3.8, 4) is 11.5 Å². The van der Waals surface area contributed by atoms with Gasteiger partial charge < -0.3 is 10.3 Å². The van der Waals surface area contributed by atoms with Crippen molar-refractivity contribution in [1.29, 1.82) is 0 Å². The zero-order chi connectivity index (χ0) is 11.7. The number of hydrogen-bond acceptors (Lipinski definition) is 8. The third-order valence-corrected chi connectivity index (χ3v) is 2.75. The lowest BCUT2D eigenvalue weighted by Crippen LogP contribution is -2.18. The minimum atomic E-state index is 0.165. The summed E-state index contributed by atoms with van der Waals surface area (Å²) < 4.78 is 9.62. The maximum absolute atomic E-state index is 5.55. The number of aromatic nitrogens is 4. The van der Waals surface area contributed by atoms with Gasteiger partial charge in [0.2, 0.25) is 11.7 Å². The predicted molar refractivity (Wildman–Crippen MR) is 56.5 cm³/mol. The zero-order valence-corrected chi connectivity index (χ0v) is 9.17. The highest BCUT2D eigenvalue weighted by atomic mass is 16.6. The van der Waals surface area contributed by atoms with Crippen LogP contribution in [0.1, 0.15) is 18.7 Å². The van der Waals surface area contributed by atoms with Gasteiger partial charge in [-0.05, 0) is 36.2 Å². The summed E-state index contributed by atoms with van der Waals surface area (Å²) in [6.45, 7) is 2.81. The van der Waals surface area contributed by atoms with Gasteiger partial charge in [0.15, 0.2) is 11.5 Å². The molecular weight excluding hydrogens is 224 g/mol. The Morgan fingerprint density at radius 2 is 2.00 bits per heavy atom.